The van der Waals surface area contributed by atoms with Crippen LogP contribution >= 0.6 is 11.6 Å². The van der Waals surface area contributed by atoms with Crippen molar-refractivity contribution < 1.29 is 8.42 Å². The zero-order valence-electron chi connectivity index (χ0n) is 9.22. The second kappa shape index (κ2) is 4.51. The van der Waals surface area contributed by atoms with Gasteiger partial charge in [0.1, 0.15) is 0 Å². The fourth-order valence-corrected chi connectivity index (χ4v) is 2.50. The van der Waals surface area contributed by atoms with Gasteiger partial charge in [0, 0.05) is 16.8 Å². The molecular formula is C13H11ClO2S. The molecule has 0 aliphatic rings. The van der Waals surface area contributed by atoms with Crippen LogP contribution < -0.4 is 0 Å². The second-order valence-electron chi connectivity index (χ2n) is 3.78. The third kappa shape index (κ3) is 2.68. The van der Waals surface area contributed by atoms with Crippen LogP contribution in [0.2, 0.25) is 5.02 Å². The normalized spacial score (nSPS) is 11.4. The summed E-state index contributed by atoms with van der Waals surface area (Å²) in [6, 6.07) is 14.1. The SMILES string of the molecule is CS(=O)(=O)c1cccc(-c2ccccc2Cl)c1. The lowest BCUT2D eigenvalue weighted by Gasteiger charge is -2.06. The van der Waals surface area contributed by atoms with Crippen LogP contribution in [0.1, 0.15) is 0 Å². The van der Waals surface area contributed by atoms with Crippen LogP contribution in [0, 0.1) is 0 Å². The number of hydrogen-bond donors (Lipinski definition) is 0. The van der Waals surface area contributed by atoms with E-state index in [1.165, 1.54) is 6.26 Å². The van der Waals surface area contributed by atoms with E-state index in [1.807, 2.05) is 24.3 Å². The molecule has 0 aliphatic heterocycles. The van der Waals surface area contributed by atoms with Gasteiger partial charge in [-0.3, -0.25) is 0 Å². The van der Waals surface area contributed by atoms with E-state index in [9.17, 15) is 8.42 Å². The molecule has 2 nitrogen and oxygen atoms in total. The molecule has 2 aromatic rings. The Morgan fingerprint density at radius 2 is 1.71 bits per heavy atom. The Morgan fingerprint density at radius 1 is 1.00 bits per heavy atom. The van der Waals surface area contributed by atoms with Crippen molar-refractivity contribution in [2.45, 2.75) is 4.90 Å². The molecule has 0 spiro atoms. The van der Waals surface area contributed by atoms with E-state index >= 15 is 0 Å². The number of halogens is 1. The van der Waals surface area contributed by atoms with E-state index in [-0.39, 0.29) is 0 Å². The summed E-state index contributed by atoms with van der Waals surface area (Å²) < 4.78 is 22.9. The summed E-state index contributed by atoms with van der Waals surface area (Å²) in [6.07, 6.45) is 1.19. The Balaban J connectivity index is 2.59. The van der Waals surface area contributed by atoms with Crippen molar-refractivity contribution in [2.75, 3.05) is 6.26 Å². The Bertz CT molecular complexity index is 648. The standard InChI is InChI=1S/C13H11ClO2S/c1-17(15,16)11-6-4-5-10(9-11)12-7-2-3-8-13(12)14/h2-9H,1H3. The Kier molecular flexibility index (Phi) is 3.22. The monoisotopic (exact) mass is 266 g/mol. The molecule has 0 saturated carbocycles. The molecule has 0 saturated heterocycles. The lowest BCUT2D eigenvalue weighted by molar-refractivity contribution is 0.602. The van der Waals surface area contributed by atoms with Crippen LogP contribution in [0.25, 0.3) is 11.1 Å². The fourth-order valence-electron chi connectivity index (χ4n) is 1.59. The van der Waals surface area contributed by atoms with Crippen molar-refractivity contribution in [1.29, 1.82) is 0 Å². The van der Waals surface area contributed by atoms with Gasteiger partial charge in [-0.25, -0.2) is 8.42 Å². The molecule has 2 rings (SSSR count). The third-order valence-electron chi connectivity index (χ3n) is 2.45. The average molecular weight is 267 g/mol. The maximum atomic E-state index is 11.5. The molecular weight excluding hydrogens is 256 g/mol. The lowest BCUT2D eigenvalue weighted by Crippen LogP contribution is -1.96. The van der Waals surface area contributed by atoms with E-state index in [4.69, 9.17) is 11.6 Å². The molecule has 0 aliphatic carbocycles. The van der Waals surface area contributed by atoms with E-state index in [2.05, 4.69) is 0 Å². The van der Waals surface area contributed by atoms with Gasteiger partial charge < -0.3 is 0 Å². The summed E-state index contributed by atoms with van der Waals surface area (Å²) >= 11 is 6.08. The third-order valence-corrected chi connectivity index (χ3v) is 3.89. The summed E-state index contributed by atoms with van der Waals surface area (Å²) in [5, 5.41) is 0.609. The van der Waals surface area contributed by atoms with Gasteiger partial charge in [-0.1, -0.05) is 41.9 Å². The molecule has 0 unspecified atom stereocenters. The number of rotatable bonds is 2. The van der Waals surface area contributed by atoms with Crippen LogP contribution in [-0.2, 0) is 9.84 Å². The van der Waals surface area contributed by atoms with Gasteiger partial charge >= 0.3 is 0 Å². The second-order valence-corrected chi connectivity index (χ2v) is 6.20. The first kappa shape index (κ1) is 12.1. The summed E-state index contributed by atoms with van der Waals surface area (Å²) in [7, 11) is -3.19. The number of sulfone groups is 1. The van der Waals surface area contributed by atoms with Crippen molar-refractivity contribution in [1.82, 2.24) is 0 Å². The quantitative estimate of drug-likeness (QED) is 0.835. The summed E-state index contributed by atoms with van der Waals surface area (Å²) in [6.45, 7) is 0. The van der Waals surface area contributed by atoms with Gasteiger partial charge in [0.15, 0.2) is 9.84 Å². The van der Waals surface area contributed by atoms with Crippen LogP contribution in [0.4, 0.5) is 0 Å². The fraction of sp³-hybridized carbons (Fsp3) is 0.0769. The molecule has 88 valence electrons. The van der Waals surface area contributed by atoms with Gasteiger partial charge in [-0.05, 0) is 23.8 Å². The maximum absolute atomic E-state index is 11.5. The Labute approximate surface area is 106 Å². The van der Waals surface area contributed by atoms with Crippen molar-refractivity contribution in [3.63, 3.8) is 0 Å². The highest BCUT2D eigenvalue weighted by Gasteiger charge is 2.09. The van der Waals surface area contributed by atoms with Gasteiger partial charge in [0.25, 0.3) is 0 Å². The van der Waals surface area contributed by atoms with Crippen LogP contribution in [0.15, 0.2) is 53.4 Å². The van der Waals surface area contributed by atoms with E-state index in [0.717, 1.165) is 11.1 Å². The first-order valence-corrected chi connectivity index (χ1v) is 7.30. The maximum Gasteiger partial charge on any atom is 0.175 e. The predicted octanol–water partition coefficient (Wildman–Crippen LogP) is 3.41. The van der Waals surface area contributed by atoms with Gasteiger partial charge in [0.2, 0.25) is 0 Å². The smallest absolute Gasteiger partial charge is 0.175 e. The minimum absolute atomic E-state index is 0.301. The van der Waals surface area contributed by atoms with E-state index in [1.54, 1.807) is 24.3 Å². The molecule has 0 aromatic heterocycles. The molecule has 0 atom stereocenters. The highest BCUT2D eigenvalue weighted by Crippen LogP contribution is 2.28. The molecule has 0 heterocycles. The van der Waals surface area contributed by atoms with Crippen LogP contribution in [0.3, 0.4) is 0 Å². The molecule has 4 heteroatoms. The lowest BCUT2D eigenvalue weighted by atomic mass is 10.1. The van der Waals surface area contributed by atoms with Crippen molar-refractivity contribution in [3.8, 4) is 11.1 Å². The molecule has 2 aromatic carbocycles. The first-order valence-electron chi connectivity index (χ1n) is 5.03. The van der Waals surface area contributed by atoms with Crippen LogP contribution in [-0.4, -0.2) is 14.7 Å². The summed E-state index contributed by atoms with van der Waals surface area (Å²) in [4.78, 5) is 0.301. The molecule has 0 bridgehead atoms. The molecule has 17 heavy (non-hydrogen) atoms. The van der Waals surface area contributed by atoms with Gasteiger partial charge in [-0.15, -0.1) is 0 Å². The summed E-state index contributed by atoms with van der Waals surface area (Å²) in [5.41, 5.74) is 1.64. The molecule has 0 radical (unpaired) electrons. The minimum Gasteiger partial charge on any atom is -0.224 e. The zero-order valence-corrected chi connectivity index (χ0v) is 10.8. The Hall–Kier alpha value is -1.32. The predicted molar refractivity (Wildman–Crippen MR) is 70.0 cm³/mol. The highest BCUT2D eigenvalue weighted by molar-refractivity contribution is 7.90. The topological polar surface area (TPSA) is 34.1 Å². The zero-order chi connectivity index (χ0) is 12.5. The largest absolute Gasteiger partial charge is 0.224 e. The van der Waals surface area contributed by atoms with E-state index in [0.29, 0.717) is 9.92 Å². The van der Waals surface area contributed by atoms with Crippen molar-refractivity contribution >= 4 is 21.4 Å². The molecule has 0 amide bonds. The van der Waals surface area contributed by atoms with Crippen molar-refractivity contribution in [2.24, 2.45) is 0 Å². The summed E-state index contributed by atoms with van der Waals surface area (Å²) in [5.74, 6) is 0. The molecule has 0 N–H and O–H groups in total. The number of hydrogen-bond acceptors (Lipinski definition) is 2. The number of benzene rings is 2. The minimum atomic E-state index is -3.19. The molecule has 0 fully saturated rings. The van der Waals surface area contributed by atoms with Crippen molar-refractivity contribution in [3.05, 3.63) is 53.6 Å². The van der Waals surface area contributed by atoms with Gasteiger partial charge in [-0.2, -0.15) is 0 Å². The Morgan fingerprint density at radius 3 is 2.35 bits per heavy atom. The van der Waals surface area contributed by atoms with Crippen LogP contribution in [0.5, 0.6) is 0 Å². The average Bonchev–Trinajstić information content (AvgIpc) is 2.29. The van der Waals surface area contributed by atoms with Gasteiger partial charge in [0.05, 0.1) is 4.90 Å². The first-order chi connectivity index (χ1) is 7.98. The highest BCUT2D eigenvalue weighted by atomic mass is 35.5. The van der Waals surface area contributed by atoms with E-state index < -0.39 is 9.84 Å².